The first-order valence-electron chi connectivity index (χ1n) is 5.26. The summed E-state index contributed by atoms with van der Waals surface area (Å²) in [6.45, 7) is 6.27. The van der Waals surface area contributed by atoms with Crippen LogP contribution in [-0.4, -0.2) is 20.8 Å². The van der Waals surface area contributed by atoms with Gasteiger partial charge in [0.2, 0.25) is 0 Å². The fourth-order valence-corrected chi connectivity index (χ4v) is 1.58. The van der Waals surface area contributed by atoms with E-state index in [1.54, 1.807) is 14.2 Å². The summed E-state index contributed by atoms with van der Waals surface area (Å²) >= 11 is 0. The van der Waals surface area contributed by atoms with Crippen molar-refractivity contribution in [3.05, 3.63) is 30.4 Å². The Hall–Kier alpha value is -1.64. The smallest absolute Gasteiger partial charge is 0.168 e. The first-order chi connectivity index (χ1) is 7.78. The zero-order valence-corrected chi connectivity index (χ0v) is 10.1. The fraction of sp³-hybridized carbons (Fsp3) is 0.385. The molecule has 0 saturated heterocycles. The minimum atomic E-state index is 0.591. The van der Waals surface area contributed by atoms with Gasteiger partial charge in [0.15, 0.2) is 11.5 Å². The van der Waals surface area contributed by atoms with Crippen LogP contribution < -0.4 is 14.2 Å². The number of rotatable bonds is 6. The van der Waals surface area contributed by atoms with E-state index < -0.39 is 0 Å². The summed E-state index contributed by atoms with van der Waals surface area (Å²) in [5.74, 6) is 2.26. The molecule has 0 spiro atoms. The topological polar surface area (TPSA) is 27.7 Å². The van der Waals surface area contributed by atoms with Crippen molar-refractivity contribution in [1.29, 1.82) is 0 Å². The molecule has 16 heavy (non-hydrogen) atoms. The average molecular weight is 222 g/mol. The fourth-order valence-electron chi connectivity index (χ4n) is 1.58. The summed E-state index contributed by atoms with van der Waals surface area (Å²) in [5.41, 5.74) is 0.971. The lowest BCUT2D eigenvalue weighted by molar-refractivity contribution is 0.304. The normalized spacial score (nSPS) is 9.69. The van der Waals surface area contributed by atoms with Crippen molar-refractivity contribution in [2.45, 2.75) is 13.3 Å². The molecule has 3 nitrogen and oxygen atoms in total. The van der Waals surface area contributed by atoms with Gasteiger partial charge in [0.25, 0.3) is 0 Å². The van der Waals surface area contributed by atoms with E-state index in [0.717, 1.165) is 22.8 Å². The van der Waals surface area contributed by atoms with E-state index >= 15 is 0 Å². The van der Waals surface area contributed by atoms with Crippen LogP contribution in [0.15, 0.2) is 24.8 Å². The third-order valence-corrected chi connectivity index (χ3v) is 2.26. The van der Waals surface area contributed by atoms with Crippen LogP contribution in [0.4, 0.5) is 0 Å². The van der Waals surface area contributed by atoms with Crippen LogP contribution in [0.25, 0.3) is 0 Å². The number of ether oxygens (including phenoxy) is 3. The van der Waals surface area contributed by atoms with Gasteiger partial charge in [-0.25, -0.2) is 0 Å². The molecule has 0 aliphatic carbocycles. The lowest BCUT2D eigenvalue weighted by atomic mass is 10.1. The number of benzene rings is 1. The molecule has 0 aliphatic heterocycles. The predicted molar refractivity (Wildman–Crippen MR) is 64.6 cm³/mol. The van der Waals surface area contributed by atoms with Crippen molar-refractivity contribution in [3.63, 3.8) is 0 Å². The summed E-state index contributed by atoms with van der Waals surface area (Å²) in [5, 5.41) is 0. The van der Waals surface area contributed by atoms with Gasteiger partial charge in [0.1, 0.15) is 5.75 Å². The summed E-state index contributed by atoms with van der Waals surface area (Å²) < 4.78 is 16.2. The van der Waals surface area contributed by atoms with E-state index in [1.807, 2.05) is 25.1 Å². The number of hydrogen-bond acceptors (Lipinski definition) is 3. The number of allylic oxidation sites excluding steroid dienone is 1. The highest BCUT2D eigenvalue weighted by molar-refractivity contribution is 5.54. The predicted octanol–water partition coefficient (Wildman–Crippen LogP) is 2.83. The Kier molecular flexibility index (Phi) is 4.70. The summed E-state index contributed by atoms with van der Waals surface area (Å²) in [6.07, 6.45) is 2.51. The van der Waals surface area contributed by atoms with Gasteiger partial charge in [-0.2, -0.15) is 0 Å². The zero-order valence-electron chi connectivity index (χ0n) is 10.1. The number of hydrogen-bond donors (Lipinski definition) is 0. The first kappa shape index (κ1) is 12.4. The van der Waals surface area contributed by atoms with Gasteiger partial charge < -0.3 is 14.2 Å². The van der Waals surface area contributed by atoms with Crippen molar-refractivity contribution in [1.82, 2.24) is 0 Å². The standard InChI is InChI=1S/C13H18O3/c1-5-7-10-11(14-3)8-9-12(15-4)13(10)16-6-2/h5,8-9H,1,6-7H2,2-4H3. The SMILES string of the molecule is C=CCc1c(OC)ccc(OC)c1OCC. The van der Waals surface area contributed by atoms with Crippen LogP contribution in [0.1, 0.15) is 12.5 Å². The van der Waals surface area contributed by atoms with Crippen LogP contribution in [0.3, 0.4) is 0 Å². The molecular formula is C13H18O3. The molecule has 0 aromatic heterocycles. The maximum Gasteiger partial charge on any atom is 0.168 e. The Balaban J connectivity index is 3.27. The lowest BCUT2D eigenvalue weighted by Gasteiger charge is -2.16. The third-order valence-electron chi connectivity index (χ3n) is 2.26. The molecule has 0 atom stereocenters. The van der Waals surface area contributed by atoms with Crippen molar-refractivity contribution >= 4 is 0 Å². The Labute approximate surface area is 96.6 Å². The van der Waals surface area contributed by atoms with E-state index in [9.17, 15) is 0 Å². The van der Waals surface area contributed by atoms with Gasteiger partial charge in [0.05, 0.1) is 20.8 Å². The van der Waals surface area contributed by atoms with Gasteiger partial charge in [-0.1, -0.05) is 6.08 Å². The molecule has 0 saturated carbocycles. The van der Waals surface area contributed by atoms with Crippen molar-refractivity contribution < 1.29 is 14.2 Å². The molecule has 0 radical (unpaired) electrons. The molecule has 0 bridgehead atoms. The maximum atomic E-state index is 5.60. The Morgan fingerprint density at radius 2 is 1.81 bits per heavy atom. The van der Waals surface area contributed by atoms with Gasteiger partial charge in [0, 0.05) is 5.56 Å². The first-order valence-corrected chi connectivity index (χ1v) is 5.26. The highest BCUT2D eigenvalue weighted by Crippen LogP contribution is 2.37. The Morgan fingerprint density at radius 1 is 1.19 bits per heavy atom. The highest BCUT2D eigenvalue weighted by atomic mass is 16.5. The van der Waals surface area contributed by atoms with Crippen molar-refractivity contribution in [3.8, 4) is 17.2 Å². The molecule has 0 fully saturated rings. The molecule has 1 aromatic carbocycles. The highest BCUT2D eigenvalue weighted by Gasteiger charge is 2.14. The molecule has 0 unspecified atom stereocenters. The monoisotopic (exact) mass is 222 g/mol. The van der Waals surface area contributed by atoms with E-state index in [4.69, 9.17) is 14.2 Å². The van der Waals surface area contributed by atoms with Gasteiger partial charge in [-0.15, -0.1) is 6.58 Å². The summed E-state index contributed by atoms with van der Waals surface area (Å²) in [6, 6.07) is 3.72. The minimum Gasteiger partial charge on any atom is -0.496 e. The molecule has 1 rings (SSSR count). The van der Waals surface area contributed by atoms with Gasteiger partial charge >= 0.3 is 0 Å². The van der Waals surface area contributed by atoms with E-state index in [2.05, 4.69) is 6.58 Å². The summed E-state index contributed by atoms with van der Waals surface area (Å²) in [7, 11) is 3.27. The average Bonchev–Trinajstić information content (AvgIpc) is 2.31. The van der Waals surface area contributed by atoms with E-state index in [0.29, 0.717) is 13.0 Å². The lowest BCUT2D eigenvalue weighted by Crippen LogP contribution is -2.01. The second-order valence-corrected chi connectivity index (χ2v) is 3.20. The van der Waals surface area contributed by atoms with E-state index in [-0.39, 0.29) is 0 Å². The van der Waals surface area contributed by atoms with Crippen molar-refractivity contribution in [2.24, 2.45) is 0 Å². The molecular weight excluding hydrogens is 204 g/mol. The summed E-state index contributed by atoms with van der Waals surface area (Å²) in [4.78, 5) is 0. The molecule has 88 valence electrons. The van der Waals surface area contributed by atoms with Crippen molar-refractivity contribution in [2.75, 3.05) is 20.8 Å². The van der Waals surface area contributed by atoms with Gasteiger partial charge in [-0.05, 0) is 25.5 Å². The second-order valence-electron chi connectivity index (χ2n) is 3.20. The van der Waals surface area contributed by atoms with Gasteiger partial charge in [-0.3, -0.25) is 0 Å². The second kappa shape index (κ2) is 6.05. The molecule has 0 amide bonds. The van der Waals surface area contributed by atoms with Crippen LogP contribution in [0, 0.1) is 0 Å². The molecule has 0 aliphatic rings. The molecule has 3 heteroatoms. The maximum absolute atomic E-state index is 5.60. The number of methoxy groups -OCH3 is 2. The minimum absolute atomic E-state index is 0.591. The zero-order chi connectivity index (χ0) is 12.0. The van der Waals surface area contributed by atoms with Crippen LogP contribution in [-0.2, 0) is 6.42 Å². The quantitative estimate of drug-likeness (QED) is 0.693. The van der Waals surface area contributed by atoms with Crippen LogP contribution >= 0.6 is 0 Å². The van der Waals surface area contributed by atoms with Crippen LogP contribution in [0.5, 0.6) is 17.2 Å². The third kappa shape index (κ3) is 2.48. The Bertz CT molecular complexity index is 358. The molecule has 0 heterocycles. The van der Waals surface area contributed by atoms with E-state index in [1.165, 1.54) is 0 Å². The Morgan fingerprint density at radius 3 is 2.31 bits per heavy atom. The molecule has 1 aromatic rings. The largest absolute Gasteiger partial charge is 0.496 e. The van der Waals surface area contributed by atoms with Crippen LogP contribution in [0.2, 0.25) is 0 Å². The molecule has 0 N–H and O–H groups in total.